The minimum atomic E-state index is -0.679. The number of nitrogens with zero attached hydrogens (tertiary/aromatic N) is 4. The average Bonchev–Trinajstić information content (AvgIpc) is 3.16. The van der Waals surface area contributed by atoms with E-state index in [9.17, 15) is 5.11 Å². The van der Waals surface area contributed by atoms with Gasteiger partial charge in [0, 0.05) is 0 Å². The molecular formula is C15H21N5O4. The second kappa shape index (κ2) is 5.35. The van der Waals surface area contributed by atoms with E-state index in [1.807, 2.05) is 20.8 Å². The fourth-order valence-electron chi connectivity index (χ4n) is 3.54. The molecule has 4 heterocycles. The number of nitrogen functional groups attached to an aromatic ring is 1. The van der Waals surface area contributed by atoms with Gasteiger partial charge in [-0.2, -0.15) is 5.10 Å². The van der Waals surface area contributed by atoms with Crippen LogP contribution in [0.4, 0.5) is 5.82 Å². The van der Waals surface area contributed by atoms with Crippen molar-refractivity contribution in [2.75, 3.05) is 5.73 Å². The van der Waals surface area contributed by atoms with Crippen molar-refractivity contribution in [2.45, 2.75) is 64.1 Å². The minimum Gasteiger partial charge on any atom is -0.390 e. The number of nitrogens with two attached hydrogens (primary N) is 1. The quantitative estimate of drug-likeness (QED) is 0.843. The van der Waals surface area contributed by atoms with Crippen LogP contribution < -0.4 is 5.73 Å². The first kappa shape index (κ1) is 15.7. The molecule has 4 atom stereocenters. The summed E-state index contributed by atoms with van der Waals surface area (Å²) in [7, 11) is 0. The molecule has 3 N–H and O–H groups in total. The molecule has 2 aromatic heterocycles. The van der Waals surface area contributed by atoms with Crippen LogP contribution in [0.15, 0.2) is 6.33 Å². The molecule has 2 fully saturated rings. The predicted molar refractivity (Wildman–Crippen MR) is 83.7 cm³/mol. The zero-order valence-electron chi connectivity index (χ0n) is 13.8. The Morgan fingerprint density at radius 2 is 2.04 bits per heavy atom. The molecule has 0 saturated carbocycles. The van der Waals surface area contributed by atoms with Gasteiger partial charge in [-0.05, 0) is 20.3 Å². The van der Waals surface area contributed by atoms with Gasteiger partial charge in [-0.15, -0.1) is 0 Å². The highest BCUT2D eigenvalue weighted by Gasteiger charge is 2.56. The van der Waals surface area contributed by atoms with Crippen LogP contribution in [0.1, 0.15) is 39.1 Å². The van der Waals surface area contributed by atoms with E-state index in [0.29, 0.717) is 16.7 Å². The van der Waals surface area contributed by atoms with Gasteiger partial charge in [0.05, 0.1) is 18.1 Å². The SMILES string of the molecule is CC[C@H]1O[C@@H](n2nc(CO)c3c(N)ncnc32)[C@@H]2OC(C)(C)O[C@@H]21. The monoisotopic (exact) mass is 335 g/mol. The van der Waals surface area contributed by atoms with Gasteiger partial charge in [-0.25, -0.2) is 14.6 Å². The maximum atomic E-state index is 9.60. The van der Waals surface area contributed by atoms with Gasteiger partial charge in [0.1, 0.15) is 30.0 Å². The van der Waals surface area contributed by atoms with Gasteiger partial charge < -0.3 is 25.1 Å². The smallest absolute Gasteiger partial charge is 0.181 e. The summed E-state index contributed by atoms with van der Waals surface area (Å²) in [5, 5.41) is 14.6. The molecule has 0 amide bonds. The molecule has 9 nitrogen and oxygen atoms in total. The number of rotatable bonds is 3. The Bertz CT molecular complexity index is 777. The van der Waals surface area contributed by atoms with Gasteiger partial charge in [0.2, 0.25) is 0 Å². The molecule has 24 heavy (non-hydrogen) atoms. The highest BCUT2D eigenvalue weighted by atomic mass is 16.8. The third-order valence-corrected chi connectivity index (χ3v) is 4.51. The molecule has 2 aromatic rings. The van der Waals surface area contributed by atoms with Crippen molar-refractivity contribution in [3.8, 4) is 0 Å². The van der Waals surface area contributed by atoms with E-state index in [-0.39, 0.29) is 30.7 Å². The Labute approximate surface area is 138 Å². The Kier molecular flexibility index (Phi) is 3.50. The summed E-state index contributed by atoms with van der Waals surface area (Å²) in [4.78, 5) is 8.26. The van der Waals surface area contributed by atoms with Gasteiger partial charge in [-0.3, -0.25) is 0 Å². The molecule has 0 unspecified atom stereocenters. The van der Waals surface area contributed by atoms with E-state index < -0.39 is 12.0 Å². The molecule has 0 aliphatic carbocycles. The van der Waals surface area contributed by atoms with Crippen LogP contribution in [0, 0.1) is 0 Å². The van der Waals surface area contributed by atoms with Crippen LogP contribution >= 0.6 is 0 Å². The van der Waals surface area contributed by atoms with Crippen molar-refractivity contribution >= 4 is 16.9 Å². The van der Waals surface area contributed by atoms with Crippen molar-refractivity contribution in [3.63, 3.8) is 0 Å². The van der Waals surface area contributed by atoms with Gasteiger partial charge >= 0.3 is 0 Å². The molecule has 130 valence electrons. The molecule has 0 aromatic carbocycles. The lowest BCUT2D eigenvalue weighted by molar-refractivity contribution is -0.197. The molecule has 4 rings (SSSR count). The number of ether oxygens (including phenoxy) is 3. The van der Waals surface area contributed by atoms with E-state index in [1.165, 1.54) is 6.33 Å². The number of hydrogen-bond acceptors (Lipinski definition) is 8. The van der Waals surface area contributed by atoms with Crippen LogP contribution in [0.5, 0.6) is 0 Å². The molecule has 0 spiro atoms. The molecule has 2 aliphatic heterocycles. The van der Waals surface area contributed by atoms with E-state index in [4.69, 9.17) is 19.9 Å². The van der Waals surface area contributed by atoms with Gasteiger partial charge in [0.15, 0.2) is 17.7 Å². The Morgan fingerprint density at radius 3 is 2.75 bits per heavy atom. The first-order valence-corrected chi connectivity index (χ1v) is 8.04. The predicted octanol–water partition coefficient (Wildman–Crippen LogP) is 0.728. The third-order valence-electron chi connectivity index (χ3n) is 4.51. The van der Waals surface area contributed by atoms with Crippen LogP contribution in [0.3, 0.4) is 0 Å². The Balaban J connectivity index is 1.82. The van der Waals surface area contributed by atoms with E-state index in [1.54, 1.807) is 4.68 Å². The summed E-state index contributed by atoms with van der Waals surface area (Å²) in [6.07, 6.45) is 1.08. The van der Waals surface area contributed by atoms with Crippen LogP contribution in [-0.4, -0.2) is 49.0 Å². The fraction of sp³-hybridized carbons (Fsp3) is 0.667. The average molecular weight is 335 g/mol. The highest BCUT2D eigenvalue weighted by molar-refractivity contribution is 5.88. The number of aliphatic hydroxyl groups is 1. The third kappa shape index (κ3) is 2.20. The van der Waals surface area contributed by atoms with Crippen LogP contribution in [0.2, 0.25) is 0 Å². The van der Waals surface area contributed by atoms with Crippen LogP contribution in [0.25, 0.3) is 11.0 Å². The molecule has 9 heteroatoms. The second-order valence-electron chi connectivity index (χ2n) is 6.55. The topological polar surface area (TPSA) is 118 Å². The zero-order chi connectivity index (χ0) is 17.1. The molecule has 0 bridgehead atoms. The van der Waals surface area contributed by atoms with Gasteiger partial charge in [-0.1, -0.05) is 6.92 Å². The van der Waals surface area contributed by atoms with E-state index in [2.05, 4.69) is 15.1 Å². The van der Waals surface area contributed by atoms with Crippen molar-refractivity contribution < 1.29 is 19.3 Å². The van der Waals surface area contributed by atoms with Gasteiger partial charge in [0.25, 0.3) is 0 Å². The number of aromatic nitrogens is 4. The molecular weight excluding hydrogens is 314 g/mol. The minimum absolute atomic E-state index is 0.0993. The lowest BCUT2D eigenvalue weighted by Gasteiger charge is -2.24. The van der Waals surface area contributed by atoms with E-state index in [0.717, 1.165) is 6.42 Å². The standard InChI is InChI=1S/C15H21N5O4/c1-4-8-10-11(24-15(2,3)23-10)14(22-8)20-13-9(7(5-21)19-20)12(16)17-6-18-13/h6,8,10-11,14,21H,4-5H2,1-3H3,(H2,16,17,18)/t8-,10-,11-,14-/m1/s1. The summed E-state index contributed by atoms with van der Waals surface area (Å²) in [5.41, 5.74) is 6.87. The summed E-state index contributed by atoms with van der Waals surface area (Å²) in [5.74, 6) is -0.400. The second-order valence-corrected chi connectivity index (χ2v) is 6.55. The number of aliphatic hydroxyl groups excluding tert-OH is 1. The summed E-state index contributed by atoms with van der Waals surface area (Å²) in [6, 6.07) is 0. The molecule has 0 radical (unpaired) electrons. The number of fused-ring (bicyclic) bond motifs is 2. The Morgan fingerprint density at radius 1 is 1.29 bits per heavy atom. The van der Waals surface area contributed by atoms with E-state index >= 15 is 0 Å². The fourth-order valence-corrected chi connectivity index (χ4v) is 3.54. The normalized spacial score (nSPS) is 31.7. The zero-order valence-corrected chi connectivity index (χ0v) is 13.8. The Hall–Kier alpha value is -1.81. The van der Waals surface area contributed by atoms with Crippen LogP contribution in [-0.2, 0) is 20.8 Å². The maximum Gasteiger partial charge on any atom is 0.181 e. The summed E-state index contributed by atoms with van der Waals surface area (Å²) in [6.45, 7) is 5.55. The summed E-state index contributed by atoms with van der Waals surface area (Å²) >= 11 is 0. The number of anilines is 1. The number of hydrogen-bond donors (Lipinski definition) is 2. The summed E-state index contributed by atoms with van der Waals surface area (Å²) < 4.78 is 19.8. The lowest BCUT2D eigenvalue weighted by atomic mass is 10.1. The van der Waals surface area contributed by atoms with Crippen molar-refractivity contribution in [3.05, 3.63) is 12.0 Å². The maximum absolute atomic E-state index is 9.60. The van der Waals surface area contributed by atoms with Crippen molar-refractivity contribution in [1.82, 2.24) is 19.7 Å². The molecule has 2 aliphatic rings. The lowest BCUT2D eigenvalue weighted by Crippen LogP contribution is -2.28. The van der Waals surface area contributed by atoms with Crippen molar-refractivity contribution in [2.24, 2.45) is 0 Å². The highest BCUT2D eigenvalue weighted by Crippen LogP contribution is 2.44. The molecule has 2 saturated heterocycles. The first-order valence-electron chi connectivity index (χ1n) is 8.04. The van der Waals surface area contributed by atoms with Crippen molar-refractivity contribution in [1.29, 1.82) is 0 Å². The largest absolute Gasteiger partial charge is 0.390 e. The first-order chi connectivity index (χ1) is 11.4.